The van der Waals surface area contributed by atoms with Crippen molar-refractivity contribution in [2.75, 3.05) is 12.3 Å². The summed E-state index contributed by atoms with van der Waals surface area (Å²) in [5.74, 6) is 0.292. The van der Waals surface area contributed by atoms with Crippen LogP contribution in [0.4, 0.5) is 4.39 Å². The van der Waals surface area contributed by atoms with E-state index in [4.69, 9.17) is 4.42 Å². The molecule has 0 spiro atoms. The zero-order valence-electron chi connectivity index (χ0n) is 14.2. The van der Waals surface area contributed by atoms with Crippen LogP contribution in [0.25, 0.3) is 11.5 Å². The van der Waals surface area contributed by atoms with Gasteiger partial charge in [-0.25, -0.2) is 4.39 Å². The first-order chi connectivity index (χ1) is 12.6. The van der Waals surface area contributed by atoms with Gasteiger partial charge in [0.2, 0.25) is 11.8 Å². The number of rotatable bonds is 7. The number of carbonyl (C=O) groups excluding carboxylic acids is 1. The van der Waals surface area contributed by atoms with Crippen LogP contribution < -0.4 is 5.32 Å². The topological polar surface area (TPSA) is 68.0 Å². The summed E-state index contributed by atoms with van der Waals surface area (Å²) in [6.07, 6.45) is 0. The van der Waals surface area contributed by atoms with Crippen LogP contribution in [0.1, 0.15) is 18.4 Å². The first kappa shape index (κ1) is 18.1. The number of halogens is 1. The van der Waals surface area contributed by atoms with Gasteiger partial charge in [0.15, 0.2) is 0 Å². The van der Waals surface area contributed by atoms with E-state index in [1.54, 1.807) is 12.1 Å². The zero-order valence-corrected chi connectivity index (χ0v) is 15.0. The fourth-order valence-corrected chi connectivity index (χ4v) is 2.91. The van der Waals surface area contributed by atoms with Crippen molar-refractivity contribution in [3.05, 3.63) is 66.0 Å². The number of thioether (sulfide) groups is 1. The van der Waals surface area contributed by atoms with Crippen LogP contribution in [0.15, 0.2) is 64.2 Å². The third kappa shape index (κ3) is 4.92. The van der Waals surface area contributed by atoms with Crippen LogP contribution in [-0.2, 0) is 4.79 Å². The number of hydrogen-bond acceptors (Lipinski definition) is 5. The van der Waals surface area contributed by atoms with Gasteiger partial charge < -0.3 is 9.73 Å². The van der Waals surface area contributed by atoms with Crippen molar-refractivity contribution in [1.29, 1.82) is 0 Å². The Morgan fingerprint density at radius 2 is 1.88 bits per heavy atom. The van der Waals surface area contributed by atoms with Gasteiger partial charge >= 0.3 is 0 Å². The summed E-state index contributed by atoms with van der Waals surface area (Å²) in [4.78, 5) is 12.0. The van der Waals surface area contributed by atoms with Crippen molar-refractivity contribution in [2.45, 2.75) is 18.1 Å². The maximum absolute atomic E-state index is 12.9. The molecule has 0 saturated heterocycles. The van der Waals surface area contributed by atoms with Gasteiger partial charge in [-0.3, -0.25) is 4.79 Å². The summed E-state index contributed by atoms with van der Waals surface area (Å²) in [7, 11) is 0. The van der Waals surface area contributed by atoms with Crippen molar-refractivity contribution in [3.8, 4) is 11.5 Å². The van der Waals surface area contributed by atoms with E-state index in [-0.39, 0.29) is 23.4 Å². The van der Waals surface area contributed by atoms with Crippen LogP contribution in [0.3, 0.4) is 0 Å². The summed E-state index contributed by atoms with van der Waals surface area (Å²) in [5.41, 5.74) is 1.81. The van der Waals surface area contributed by atoms with Crippen molar-refractivity contribution in [3.63, 3.8) is 0 Å². The van der Waals surface area contributed by atoms with Gasteiger partial charge in [0, 0.05) is 12.1 Å². The van der Waals surface area contributed by atoms with Crippen molar-refractivity contribution < 1.29 is 13.6 Å². The van der Waals surface area contributed by atoms with Gasteiger partial charge in [0.25, 0.3) is 5.22 Å². The second-order valence-electron chi connectivity index (χ2n) is 5.78. The Labute approximate surface area is 155 Å². The molecule has 3 aromatic rings. The minimum atomic E-state index is -0.329. The van der Waals surface area contributed by atoms with E-state index in [1.165, 1.54) is 29.5 Å². The van der Waals surface area contributed by atoms with Gasteiger partial charge in [0.05, 0.1) is 5.75 Å². The molecule has 0 aliphatic rings. The highest BCUT2D eigenvalue weighted by Crippen LogP contribution is 2.23. The quantitative estimate of drug-likeness (QED) is 0.638. The van der Waals surface area contributed by atoms with Crippen LogP contribution in [0.2, 0.25) is 0 Å². The Morgan fingerprint density at radius 1 is 1.15 bits per heavy atom. The van der Waals surface area contributed by atoms with Crippen LogP contribution in [0, 0.1) is 5.82 Å². The molecule has 1 aromatic heterocycles. The molecule has 3 rings (SSSR count). The lowest BCUT2D eigenvalue weighted by Gasteiger charge is -2.12. The number of amides is 1. The molecule has 0 aliphatic carbocycles. The maximum atomic E-state index is 12.9. The highest BCUT2D eigenvalue weighted by Gasteiger charge is 2.12. The van der Waals surface area contributed by atoms with Gasteiger partial charge in [0.1, 0.15) is 5.82 Å². The summed E-state index contributed by atoms with van der Waals surface area (Å²) >= 11 is 1.17. The predicted octanol–water partition coefficient (Wildman–Crippen LogP) is 3.89. The van der Waals surface area contributed by atoms with E-state index >= 15 is 0 Å². The van der Waals surface area contributed by atoms with Gasteiger partial charge in [-0.15, -0.1) is 10.2 Å². The third-order valence-corrected chi connectivity index (χ3v) is 4.62. The number of benzene rings is 2. The number of nitrogens with zero attached hydrogens (tertiary/aromatic N) is 2. The Bertz CT molecular complexity index is 853. The molecule has 0 radical (unpaired) electrons. The van der Waals surface area contributed by atoms with Gasteiger partial charge in [-0.2, -0.15) is 0 Å². The number of carbonyl (C=O) groups is 1. The minimum absolute atomic E-state index is 0.0979. The fourth-order valence-electron chi connectivity index (χ4n) is 2.32. The number of hydrogen-bond donors (Lipinski definition) is 1. The van der Waals surface area contributed by atoms with E-state index in [9.17, 15) is 9.18 Å². The molecule has 0 unspecified atom stereocenters. The van der Waals surface area contributed by atoms with E-state index in [0.29, 0.717) is 23.2 Å². The lowest BCUT2D eigenvalue weighted by molar-refractivity contribution is -0.118. The fraction of sp³-hybridized carbons (Fsp3) is 0.211. The lowest BCUT2D eigenvalue weighted by atomic mass is 10.0. The molecule has 1 N–H and O–H groups in total. The Hall–Kier alpha value is -2.67. The first-order valence-corrected chi connectivity index (χ1v) is 9.14. The molecule has 1 heterocycles. The predicted molar refractivity (Wildman–Crippen MR) is 98.3 cm³/mol. The summed E-state index contributed by atoms with van der Waals surface area (Å²) in [5, 5.41) is 11.0. The minimum Gasteiger partial charge on any atom is -0.411 e. The molecule has 1 atom stereocenters. The van der Waals surface area contributed by atoms with Crippen molar-refractivity contribution in [2.24, 2.45) is 0 Å². The summed E-state index contributed by atoms with van der Waals surface area (Å²) in [6, 6.07) is 15.8. The van der Waals surface area contributed by atoms with Crippen LogP contribution in [-0.4, -0.2) is 28.4 Å². The number of nitrogens with one attached hydrogen (secondary N) is 1. The van der Waals surface area contributed by atoms with Gasteiger partial charge in [-0.05, 0) is 35.7 Å². The summed E-state index contributed by atoms with van der Waals surface area (Å²) < 4.78 is 18.4. The summed E-state index contributed by atoms with van der Waals surface area (Å²) in [6.45, 7) is 2.63. The second kappa shape index (κ2) is 8.62. The Kier molecular flexibility index (Phi) is 6.01. The zero-order chi connectivity index (χ0) is 18.4. The van der Waals surface area contributed by atoms with Gasteiger partial charge in [-0.1, -0.05) is 49.0 Å². The molecule has 2 aromatic carbocycles. The molecule has 26 heavy (non-hydrogen) atoms. The average molecular weight is 371 g/mol. The molecule has 7 heteroatoms. The van der Waals surface area contributed by atoms with Crippen LogP contribution in [0.5, 0.6) is 0 Å². The molecule has 1 amide bonds. The Morgan fingerprint density at radius 3 is 2.62 bits per heavy atom. The van der Waals surface area contributed by atoms with Crippen LogP contribution >= 0.6 is 11.8 Å². The van der Waals surface area contributed by atoms with E-state index in [2.05, 4.69) is 22.4 Å². The smallest absolute Gasteiger partial charge is 0.277 e. The highest BCUT2D eigenvalue weighted by atomic mass is 32.2. The molecular formula is C19H18FN3O2S. The molecule has 0 fully saturated rings. The maximum Gasteiger partial charge on any atom is 0.277 e. The molecule has 5 nitrogen and oxygen atoms in total. The molecule has 0 bridgehead atoms. The Balaban J connectivity index is 1.47. The number of aromatic nitrogens is 2. The second-order valence-corrected chi connectivity index (χ2v) is 6.71. The van der Waals surface area contributed by atoms with Crippen molar-refractivity contribution in [1.82, 2.24) is 15.5 Å². The molecule has 134 valence electrons. The standard InChI is InChI=1S/C19H18FN3O2S/c1-13(14-5-3-2-4-6-14)11-21-17(24)12-26-19-23-22-18(25-19)15-7-9-16(20)10-8-15/h2-10,13H,11-12H2,1H3,(H,21,24)/t13-/m1/s1. The molecule has 0 aliphatic heterocycles. The van der Waals surface area contributed by atoms with Crippen molar-refractivity contribution >= 4 is 17.7 Å². The van der Waals surface area contributed by atoms with E-state index < -0.39 is 0 Å². The lowest BCUT2D eigenvalue weighted by Crippen LogP contribution is -2.28. The van der Waals surface area contributed by atoms with E-state index in [0.717, 1.165) is 0 Å². The third-order valence-electron chi connectivity index (χ3n) is 3.80. The molecular weight excluding hydrogens is 353 g/mol. The van der Waals surface area contributed by atoms with E-state index in [1.807, 2.05) is 30.3 Å². The average Bonchev–Trinajstić information content (AvgIpc) is 3.14. The SMILES string of the molecule is C[C@H](CNC(=O)CSc1nnc(-c2ccc(F)cc2)o1)c1ccccc1. The first-order valence-electron chi connectivity index (χ1n) is 8.15. The highest BCUT2D eigenvalue weighted by molar-refractivity contribution is 7.99. The molecule has 0 saturated carbocycles. The monoisotopic (exact) mass is 371 g/mol. The largest absolute Gasteiger partial charge is 0.411 e. The normalized spacial score (nSPS) is 11.9.